The van der Waals surface area contributed by atoms with Crippen molar-refractivity contribution in [2.24, 2.45) is 0 Å². The van der Waals surface area contributed by atoms with Crippen LogP contribution in [0.1, 0.15) is 41.8 Å². The quantitative estimate of drug-likeness (QED) is 0.713. The molecule has 1 aliphatic rings. The maximum absolute atomic E-state index is 13.0. The van der Waals surface area contributed by atoms with Gasteiger partial charge in [-0.1, -0.05) is 31.2 Å². The van der Waals surface area contributed by atoms with Gasteiger partial charge in [0.15, 0.2) is 0 Å². The molecule has 6 nitrogen and oxygen atoms in total. The number of carbonyl (C=O) groups is 3. The molecule has 158 valence electrons. The molecule has 1 N–H and O–H groups in total. The van der Waals surface area contributed by atoms with E-state index in [1.807, 2.05) is 13.8 Å². The Kier molecular flexibility index (Phi) is 6.82. The van der Waals surface area contributed by atoms with Gasteiger partial charge in [-0.3, -0.25) is 14.4 Å². The first-order valence-corrected chi connectivity index (χ1v) is 10.1. The summed E-state index contributed by atoms with van der Waals surface area (Å²) in [6.45, 7) is 5.37. The zero-order valence-corrected chi connectivity index (χ0v) is 17.2. The highest BCUT2D eigenvalue weighted by Gasteiger charge is 2.32. The van der Waals surface area contributed by atoms with Crippen LogP contribution in [0.15, 0.2) is 48.5 Å². The number of hydrogen-bond acceptors (Lipinski definition) is 3. The summed E-state index contributed by atoms with van der Waals surface area (Å²) in [7, 11) is 0. The molecule has 1 saturated heterocycles. The molecule has 0 aliphatic carbocycles. The zero-order valence-electron chi connectivity index (χ0n) is 17.2. The Labute approximate surface area is 175 Å². The standard InChI is InChI=1S/C23H26FN3O3/c1-3-16(2)25-21(28)19-8-4-17(5-9-19)14-26-12-13-27(23(30)22(26)29)15-18-6-10-20(24)11-7-18/h4-11,16H,3,12-15H2,1-2H3,(H,25,28). The number of carbonyl (C=O) groups excluding carboxylic acids is 3. The summed E-state index contributed by atoms with van der Waals surface area (Å²) in [4.78, 5) is 40.2. The number of piperazine rings is 1. The van der Waals surface area contributed by atoms with Gasteiger partial charge in [0.05, 0.1) is 0 Å². The first-order valence-electron chi connectivity index (χ1n) is 10.1. The molecule has 1 aliphatic heterocycles. The van der Waals surface area contributed by atoms with Gasteiger partial charge in [-0.15, -0.1) is 0 Å². The maximum Gasteiger partial charge on any atom is 0.312 e. The highest BCUT2D eigenvalue weighted by Crippen LogP contribution is 2.15. The van der Waals surface area contributed by atoms with Gasteiger partial charge in [0.25, 0.3) is 5.91 Å². The van der Waals surface area contributed by atoms with Crippen molar-refractivity contribution in [3.05, 3.63) is 71.0 Å². The largest absolute Gasteiger partial charge is 0.350 e. The molecule has 0 radical (unpaired) electrons. The van der Waals surface area contributed by atoms with Crippen molar-refractivity contribution in [2.45, 2.75) is 39.4 Å². The number of rotatable bonds is 7. The Morgan fingerprint density at radius 1 is 0.933 bits per heavy atom. The molecule has 3 amide bonds. The van der Waals surface area contributed by atoms with Crippen molar-refractivity contribution < 1.29 is 18.8 Å². The number of halogens is 1. The third kappa shape index (κ3) is 5.23. The Bertz CT molecular complexity index is 912. The fourth-order valence-corrected chi connectivity index (χ4v) is 3.22. The van der Waals surface area contributed by atoms with Gasteiger partial charge < -0.3 is 15.1 Å². The third-order valence-corrected chi connectivity index (χ3v) is 5.26. The highest BCUT2D eigenvalue weighted by atomic mass is 19.1. The van der Waals surface area contributed by atoms with Crippen LogP contribution >= 0.6 is 0 Å². The lowest BCUT2D eigenvalue weighted by Gasteiger charge is -2.33. The van der Waals surface area contributed by atoms with Crippen molar-refractivity contribution in [3.8, 4) is 0 Å². The van der Waals surface area contributed by atoms with Crippen molar-refractivity contribution in [1.82, 2.24) is 15.1 Å². The van der Waals surface area contributed by atoms with Crippen LogP contribution in [0, 0.1) is 5.82 Å². The van der Waals surface area contributed by atoms with Gasteiger partial charge in [-0.05, 0) is 48.7 Å². The Morgan fingerprint density at radius 3 is 1.87 bits per heavy atom. The monoisotopic (exact) mass is 411 g/mol. The van der Waals surface area contributed by atoms with Crippen LogP contribution in [-0.2, 0) is 22.7 Å². The molecule has 1 atom stereocenters. The summed E-state index contributed by atoms with van der Waals surface area (Å²) in [5.74, 6) is -1.58. The fraction of sp³-hybridized carbons (Fsp3) is 0.348. The van der Waals surface area contributed by atoms with E-state index < -0.39 is 11.8 Å². The van der Waals surface area contributed by atoms with E-state index in [9.17, 15) is 18.8 Å². The molecule has 0 bridgehead atoms. The Balaban J connectivity index is 1.57. The average Bonchev–Trinajstić information content (AvgIpc) is 2.75. The number of amides is 3. The normalized spacial score (nSPS) is 15.3. The van der Waals surface area contributed by atoms with Crippen LogP contribution in [0.4, 0.5) is 4.39 Å². The lowest BCUT2D eigenvalue weighted by molar-refractivity contribution is -0.156. The first-order chi connectivity index (χ1) is 14.4. The minimum atomic E-state index is -0.560. The summed E-state index contributed by atoms with van der Waals surface area (Å²) in [6, 6.07) is 13.1. The molecule has 0 saturated carbocycles. The van der Waals surface area contributed by atoms with Crippen molar-refractivity contribution in [3.63, 3.8) is 0 Å². The molecule has 2 aromatic carbocycles. The van der Waals surface area contributed by atoms with Gasteiger partial charge in [0.1, 0.15) is 5.82 Å². The zero-order chi connectivity index (χ0) is 21.7. The van der Waals surface area contributed by atoms with E-state index in [-0.39, 0.29) is 24.3 Å². The minimum absolute atomic E-state index is 0.104. The van der Waals surface area contributed by atoms with Crippen LogP contribution < -0.4 is 5.32 Å². The van der Waals surface area contributed by atoms with Gasteiger partial charge >= 0.3 is 11.8 Å². The second-order valence-electron chi connectivity index (χ2n) is 7.56. The summed E-state index contributed by atoms with van der Waals surface area (Å²) in [5.41, 5.74) is 2.19. The summed E-state index contributed by atoms with van der Waals surface area (Å²) in [5, 5.41) is 2.91. The van der Waals surface area contributed by atoms with Crippen LogP contribution in [0.5, 0.6) is 0 Å². The van der Waals surface area contributed by atoms with Gasteiger partial charge in [0, 0.05) is 37.8 Å². The van der Waals surface area contributed by atoms with E-state index in [0.29, 0.717) is 25.2 Å². The molecule has 1 fully saturated rings. The van der Waals surface area contributed by atoms with Gasteiger partial charge in [-0.2, -0.15) is 0 Å². The number of nitrogens with one attached hydrogen (secondary N) is 1. The van der Waals surface area contributed by atoms with Crippen molar-refractivity contribution in [1.29, 1.82) is 0 Å². The summed E-state index contributed by atoms with van der Waals surface area (Å²) < 4.78 is 13.0. The Morgan fingerprint density at radius 2 is 1.40 bits per heavy atom. The second-order valence-corrected chi connectivity index (χ2v) is 7.56. The van der Waals surface area contributed by atoms with E-state index >= 15 is 0 Å². The topological polar surface area (TPSA) is 69.7 Å². The SMILES string of the molecule is CCC(C)NC(=O)c1ccc(CN2CCN(Cc3ccc(F)cc3)C(=O)C2=O)cc1. The molecule has 1 unspecified atom stereocenters. The molecule has 0 aromatic heterocycles. The fourth-order valence-electron chi connectivity index (χ4n) is 3.22. The maximum atomic E-state index is 13.0. The van der Waals surface area contributed by atoms with Gasteiger partial charge in [0.2, 0.25) is 0 Å². The third-order valence-electron chi connectivity index (χ3n) is 5.26. The molecule has 7 heteroatoms. The molecule has 2 aromatic rings. The van der Waals surface area contributed by atoms with Crippen molar-refractivity contribution >= 4 is 17.7 Å². The molecule has 0 spiro atoms. The number of benzene rings is 2. The van der Waals surface area contributed by atoms with E-state index in [1.165, 1.54) is 21.9 Å². The first kappa shape index (κ1) is 21.5. The lowest BCUT2D eigenvalue weighted by atomic mass is 10.1. The molecule has 30 heavy (non-hydrogen) atoms. The van der Waals surface area contributed by atoms with Crippen molar-refractivity contribution in [2.75, 3.05) is 13.1 Å². The smallest absolute Gasteiger partial charge is 0.312 e. The molecular formula is C23H26FN3O3. The van der Waals surface area contributed by atoms with Crippen LogP contribution in [-0.4, -0.2) is 46.7 Å². The molecule has 3 rings (SSSR count). The molecule has 1 heterocycles. The van der Waals surface area contributed by atoms with E-state index in [2.05, 4.69) is 5.32 Å². The summed E-state index contributed by atoms with van der Waals surface area (Å²) >= 11 is 0. The lowest BCUT2D eigenvalue weighted by Crippen LogP contribution is -2.53. The van der Waals surface area contributed by atoms with E-state index in [0.717, 1.165) is 17.5 Å². The van der Waals surface area contributed by atoms with Crippen LogP contribution in [0.25, 0.3) is 0 Å². The average molecular weight is 411 g/mol. The van der Waals surface area contributed by atoms with Crippen LogP contribution in [0.2, 0.25) is 0 Å². The molecular weight excluding hydrogens is 385 g/mol. The Hall–Kier alpha value is -3.22. The van der Waals surface area contributed by atoms with Crippen LogP contribution in [0.3, 0.4) is 0 Å². The second kappa shape index (κ2) is 9.52. The van der Waals surface area contributed by atoms with E-state index in [4.69, 9.17) is 0 Å². The summed E-state index contributed by atoms with van der Waals surface area (Å²) in [6.07, 6.45) is 0.854. The number of nitrogens with zero attached hydrogens (tertiary/aromatic N) is 2. The predicted molar refractivity (Wildman–Crippen MR) is 111 cm³/mol. The predicted octanol–water partition coefficient (Wildman–Crippen LogP) is 2.73. The highest BCUT2D eigenvalue weighted by molar-refractivity contribution is 6.35. The van der Waals surface area contributed by atoms with Gasteiger partial charge in [-0.25, -0.2) is 4.39 Å². The number of hydrogen-bond donors (Lipinski definition) is 1. The van der Waals surface area contributed by atoms with E-state index in [1.54, 1.807) is 36.4 Å². The minimum Gasteiger partial charge on any atom is -0.350 e.